The maximum atomic E-state index is 10.4. The fraction of sp³-hybridized carbons (Fsp3) is 0.750. The Labute approximate surface area is 71.0 Å². The van der Waals surface area contributed by atoms with Crippen LogP contribution in [0.1, 0.15) is 25.7 Å². The van der Waals surface area contributed by atoms with Crippen LogP contribution < -0.4 is 5.73 Å². The summed E-state index contributed by atoms with van der Waals surface area (Å²) in [5, 5.41) is 17.0. The van der Waals surface area contributed by atoms with Crippen molar-refractivity contribution in [2.24, 2.45) is 11.1 Å². The summed E-state index contributed by atoms with van der Waals surface area (Å²) in [6, 6.07) is 1.26. The molecule has 4 nitrogen and oxygen atoms in total. The highest BCUT2D eigenvalue weighted by atomic mass is 16.4. The summed E-state index contributed by atoms with van der Waals surface area (Å²) < 4.78 is 0. The van der Waals surface area contributed by atoms with Crippen molar-refractivity contribution < 1.29 is 9.90 Å². The van der Waals surface area contributed by atoms with Gasteiger partial charge in [0.25, 0.3) is 0 Å². The molecule has 1 aliphatic rings. The average molecular weight is 168 g/mol. The molecule has 0 saturated heterocycles. The van der Waals surface area contributed by atoms with Crippen LogP contribution >= 0.6 is 0 Å². The van der Waals surface area contributed by atoms with Crippen LogP contribution in [0.25, 0.3) is 0 Å². The molecule has 12 heavy (non-hydrogen) atoms. The van der Waals surface area contributed by atoms with Crippen molar-refractivity contribution >= 4 is 5.97 Å². The van der Waals surface area contributed by atoms with Crippen molar-refractivity contribution in [2.45, 2.75) is 31.7 Å². The third kappa shape index (κ3) is 1.95. The molecule has 0 aromatic heterocycles. The summed E-state index contributed by atoms with van der Waals surface area (Å²) in [4.78, 5) is 10.4. The average Bonchev–Trinajstić information content (AvgIpc) is 2.69. The molecule has 0 spiro atoms. The van der Waals surface area contributed by atoms with Crippen molar-refractivity contribution in [1.82, 2.24) is 0 Å². The standard InChI is InChI=1S/C8H12N2O2/c9-4-3-8(1-2-8)5-6(10)7(11)12/h6H,1-3,5,10H2,(H,11,12). The number of carbonyl (C=O) groups is 1. The number of carboxylic acid groups (broad SMARTS) is 1. The molecule has 1 fully saturated rings. The number of carboxylic acids is 1. The van der Waals surface area contributed by atoms with Crippen molar-refractivity contribution in [3.63, 3.8) is 0 Å². The van der Waals surface area contributed by atoms with Crippen LogP contribution in [-0.4, -0.2) is 17.1 Å². The predicted octanol–water partition coefficient (Wildman–Crippen LogP) is 0.482. The van der Waals surface area contributed by atoms with Gasteiger partial charge in [-0.1, -0.05) is 0 Å². The summed E-state index contributed by atoms with van der Waals surface area (Å²) in [6.45, 7) is 0. The lowest BCUT2D eigenvalue weighted by Gasteiger charge is -2.13. The van der Waals surface area contributed by atoms with Crippen LogP contribution in [-0.2, 0) is 4.79 Å². The van der Waals surface area contributed by atoms with Gasteiger partial charge in [-0.2, -0.15) is 5.26 Å². The van der Waals surface area contributed by atoms with Gasteiger partial charge in [-0.3, -0.25) is 4.79 Å². The lowest BCUT2D eigenvalue weighted by molar-refractivity contribution is -0.139. The summed E-state index contributed by atoms with van der Waals surface area (Å²) >= 11 is 0. The third-order valence-electron chi connectivity index (χ3n) is 2.38. The molecule has 0 amide bonds. The van der Waals surface area contributed by atoms with Gasteiger partial charge in [0, 0.05) is 6.42 Å². The highest BCUT2D eigenvalue weighted by molar-refractivity contribution is 5.73. The molecule has 0 radical (unpaired) electrons. The molecule has 1 aliphatic carbocycles. The second-order valence-electron chi connectivity index (χ2n) is 3.48. The number of hydrogen-bond acceptors (Lipinski definition) is 3. The molecule has 3 N–H and O–H groups in total. The van der Waals surface area contributed by atoms with E-state index in [1.54, 1.807) is 0 Å². The Balaban J connectivity index is 2.41. The van der Waals surface area contributed by atoms with Crippen LogP contribution in [0, 0.1) is 16.7 Å². The van der Waals surface area contributed by atoms with Crippen LogP contribution in [0.4, 0.5) is 0 Å². The first kappa shape index (κ1) is 9.01. The molecule has 0 bridgehead atoms. The van der Waals surface area contributed by atoms with Gasteiger partial charge >= 0.3 is 5.97 Å². The first-order valence-electron chi connectivity index (χ1n) is 3.95. The van der Waals surface area contributed by atoms with Crippen molar-refractivity contribution in [2.75, 3.05) is 0 Å². The van der Waals surface area contributed by atoms with Gasteiger partial charge < -0.3 is 10.8 Å². The molecular weight excluding hydrogens is 156 g/mol. The Kier molecular flexibility index (Phi) is 2.34. The maximum absolute atomic E-state index is 10.4. The molecule has 1 atom stereocenters. The van der Waals surface area contributed by atoms with E-state index in [1.807, 2.05) is 0 Å². The lowest BCUT2D eigenvalue weighted by atomic mass is 9.94. The minimum atomic E-state index is -0.973. The zero-order valence-electron chi connectivity index (χ0n) is 6.79. The van der Waals surface area contributed by atoms with Crippen molar-refractivity contribution in [3.8, 4) is 6.07 Å². The van der Waals surface area contributed by atoms with Crippen LogP contribution in [0.15, 0.2) is 0 Å². The van der Waals surface area contributed by atoms with E-state index in [0.717, 1.165) is 12.8 Å². The number of nitriles is 1. The summed E-state index contributed by atoms with van der Waals surface area (Å²) in [5.74, 6) is -0.973. The quantitative estimate of drug-likeness (QED) is 0.639. The van der Waals surface area contributed by atoms with E-state index in [9.17, 15) is 4.79 Å². The topological polar surface area (TPSA) is 87.1 Å². The van der Waals surface area contributed by atoms with Crippen LogP contribution in [0.3, 0.4) is 0 Å². The molecule has 66 valence electrons. The number of nitrogens with two attached hydrogens (primary N) is 1. The monoisotopic (exact) mass is 168 g/mol. The SMILES string of the molecule is N#CCC1(CC(N)C(=O)O)CC1. The number of rotatable bonds is 4. The first-order valence-corrected chi connectivity index (χ1v) is 3.95. The number of hydrogen-bond donors (Lipinski definition) is 2. The minimum Gasteiger partial charge on any atom is -0.480 e. The number of nitrogens with zero attached hydrogens (tertiary/aromatic N) is 1. The number of aliphatic carboxylic acids is 1. The highest BCUT2D eigenvalue weighted by Crippen LogP contribution is 2.52. The summed E-state index contributed by atoms with van der Waals surface area (Å²) in [7, 11) is 0. The summed E-state index contributed by atoms with van der Waals surface area (Å²) in [5.41, 5.74) is 5.30. The fourth-order valence-electron chi connectivity index (χ4n) is 1.35. The summed E-state index contributed by atoms with van der Waals surface area (Å²) in [6.07, 6.45) is 2.77. The van der Waals surface area contributed by atoms with E-state index < -0.39 is 12.0 Å². The van der Waals surface area contributed by atoms with Crippen LogP contribution in [0.2, 0.25) is 0 Å². The first-order chi connectivity index (χ1) is 5.59. The smallest absolute Gasteiger partial charge is 0.320 e. The van der Waals surface area contributed by atoms with Gasteiger partial charge in [0.2, 0.25) is 0 Å². The van der Waals surface area contributed by atoms with Crippen LogP contribution in [0.5, 0.6) is 0 Å². The molecular formula is C8H12N2O2. The maximum Gasteiger partial charge on any atom is 0.320 e. The Hall–Kier alpha value is -1.08. The van der Waals surface area contributed by atoms with E-state index >= 15 is 0 Å². The van der Waals surface area contributed by atoms with Gasteiger partial charge in [0.1, 0.15) is 6.04 Å². The molecule has 0 aliphatic heterocycles. The molecule has 0 aromatic carbocycles. The largest absolute Gasteiger partial charge is 0.480 e. The van der Waals surface area contributed by atoms with E-state index in [1.165, 1.54) is 0 Å². The van der Waals surface area contributed by atoms with Gasteiger partial charge in [-0.25, -0.2) is 0 Å². The Bertz CT molecular complexity index is 228. The molecule has 0 aromatic rings. The van der Waals surface area contributed by atoms with Crippen molar-refractivity contribution in [1.29, 1.82) is 5.26 Å². The van der Waals surface area contributed by atoms with Gasteiger partial charge in [0.15, 0.2) is 0 Å². The van der Waals surface area contributed by atoms with E-state index in [4.69, 9.17) is 16.1 Å². The van der Waals surface area contributed by atoms with E-state index in [2.05, 4.69) is 6.07 Å². The van der Waals surface area contributed by atoms with Gasteiger partial charge in [0.05, 0.1) is 6.07 Å². The molecule has 1 rings (SSSR count). The molecule has 0 heterocycles. The molecule has 1 saturated carbocycles. The van der Waals surface area contributed by atoms with E-state index in [-0.39, 0.29) is 5.41 Å². The second-order valence-corrected chi connectivity index (χ2v) is 3.48. The Morgan fingerprint density at radius 3 is 2.67 bits per heavy atom. The Morgan fingerprint density at radius 1 is 1.75 bits per heavy atom. The Morgan fingerprint density at radius 2 is 2.33 bits per heavy atom. The fourth-order valence-corrected chi connectivity index (χ4v) is 1.35. The zero-order valence-corrected chi connectivity index (χ0v) is 6.79. The van der Waals surface area contributed by atoms with E-state index in [0.29, 0.717) is 12.8 Å². The third-order valence-corrected chi connectivity index (χ3v) is 2.38. The van der Waals surface area contributed by atoms with Gasteiger partial charge in [-0.05, 0) is 24.7 Å². The predicted molar refractivity (Wildman–Crippen MR) is 42.1 cm³/mol. The van der Waals surface area contributed by atoms with Crippen molar-refractivity contribution in [3.05, 3.63) is 0 Å². The highest BCUT2D eigenvalue weighted by Gasteiger charge is 2.44. The second kappa shape index (κ2) is 3.11. The lowest BCUT2D eigenvalue weighted by Crippen LogP contribution is -2.32. The molecule has 4 heteroatoms. The van der Waals surface area contributed by atoms with Gasteiger partial charge in [-0.15, -0.1) is 0 Å². The normalized spacial score (nSPS) is 21.0. The minimum absolute atomic E-state index is 0.0629. The zero-order chi connectivity index (χ0) is 9.19. The molecule has 1 unspecified atom stereocenters.